The maximum atomic E-state index is 12.6. The van der Waals surface area contributed by atoms with Crippen LogP contribution in [0.3, 0.4) is 0 Å². The summed E-state index contributed by atoms with van der Waals surface area (Å²) in [5.41, 5.74) is 2.27. The molecule has 0 spiro atoms. The molecule has 0 unspecified atom stereocenters. The molecule has 1 amide bonds. The van der Waals surface area contributed by atoms with Crippen molar-refractivity contribution in [3.63, 3.8) is 0 Å². The fourth-order valence-corrected chi connectivity index (χ4v) is 3.22. The van der Waals surface area contributed by atoms with Crippen LogP contribution < -0.4 is 10.9 Å². The Hall–Kier alpha value is -3.13. The van der Waals surface area contributed by atoms with E-state index in [1.807, 2.05) is 6.07 Å². The minimum Gasteiger partial charge on any atom is -0.466 e. The van der Waals surface area contributed by atoms with Crippen molar-refractivity contribution >= 4 is 28.5 Å². The Kier molecular flexibility index (Phi) is 5.00. The lowest BCUT2D eigenvalue weighted by Crippen LogP contribution is -2.31. The maximum absolute atomic E-state index is 12.6. The minimum absolute atomic E-state index is 0.0653. The second-order valence-electron chi connectivity index (χ2n) is 6.39. The molecule has 2 heterocycles. The van der Waals surface area contributed by atoms with E-state index in [1.165, 1.54) is 12.0 Å². The van der Waals surface area contributed by atoms with Crippen molar-refractivity contribution in [3.8, 4) is 0 Å². The van der Waals surface area contributed by atoms with Gasteiger partial charge < -0.3 is 24.6 Å². The number of carbonyl (C=O) groups excluding carboxylic acids is 2. The molecule has 3 rings (SSSR count). The number of nitrogens with one attached hydrogen (secondary N) is 1. The molecule has 0 bridgehead atoms. The summed E-state index contributed by atoms with van der Waals surface area (Å²) in [6.07, 6.45) is 0. The largest absolute Gasteiger partial charge is 0.466 e. The van der Waals surface area contributed by atoms with Gasteiger partial charge in [-0.15, -0.1) is 0 Å². The number of hydrogen-bond donors (Lipinski definition) is 2. The number of aryl methyl sites for hydroxylation is 2. The number of amides is 1. The molecule has 0 radical (unpaired) electrons. The van der Waals surface area contributed by atoms with Gasteiger partial charge in [0.15, 0.2) is 0 Å². The number of aliphatic hydroxyl groups excluding tert-OH is 1. The van der Waals surface area contributed by atoms with E-state index < -0.39 is 5.97 Å². The average Bonchev–Trinajstić information content (AvgIpc) is 2.95. The molecule has 0 aliphatic carbocycles. The summed E-state index contributed by atoms with van der Waals surface area (Å²) >= 11 is 0. The summed E-state index contributed by atoms with van der Waals surface area (Å²) in [6.45, 7) is 1.75. The second kappa shape index (κ2) is 7.24. The molecule has 8 nitrogen and oxygen atoms in total. The van der Waals surface area contributed by atoms with E-state index in [0.29, 0.717) is 11.3 Å². The molecule has 27 heavy (non-hydrogen) atoms. The summed E-state index contributed by atoms with van der Waals surface area (Å²) in [5.74, 6) is -0.966. The third-order valence-corrected chi connectivity index (χ3v) is 4.63. The van der Waals surface area contributed by atoms with Gasteiger partial charge in [-0.3, -0.25) is 9.59 Å². The first-order valence-electron chi connectivity index (χ1n) is 8.46. The lowest BCUT2D eigenvalue weighted by Gasteiger charge is -2.15. The zero-order valence-corrected chi connectivity index (χ0v) is 15.4. The summed E-state index contributed by atoms with van der Waals surface area (Å²) in [6, 6.07) is 7.11. The summed E-state index contributed by atoms with van der Waals surface area (Å²) < 4.78 is 6.34. The fourth-order valence-electron chi connectivity index (χ4n) is 3.22. The minimum atomic E-state index is -0.592. The molecule has 1 aromatic heterocycles. The fraction of sp³-hybridized carbons (Fsp3) is 0.316. The number of esters is 1. The Morgan fingerprint density at radius 2 is 2.04 bits per heavy atom. The number of ether oxygens (including phenoxy) is 1. The number of pyridine rings is 1. The van der Waals surface area contributed by atoms with Crippen LogP contribution in [-0.4, -0.2) is 53.3 Å². The molecular weight excluding hydrogens is 350 g/mol. The Morgan fingerprint density at radius 3 is 2.70 bits per heavy atom. The number of benzene rings is 1. The molecule has 1 aromatic carbocycles. The number of aliphatic hydroxyl groups is 1. The molecular formula is C19H21N3O5. The van der Waals surface area contributed by atoms with Crippen LogP contribution in [0.4, 0.5) is 5.69 Å². The molecule has 8 heteroatoms. The van der Waals surface area contributed by atoms with E-state index in [-0.39, 0.29) is 42.4 Å². The molecule has 2 N–H and O–H groups in total. The molecule has 1 aliphatic heterocycles. The SMILES string of the molecule is COC(=O)C1=C(Nc2ccc3c(c2)cc(C)c(=O)n3C)C(=O)N(CCO)C1. The quantitative estimate of drug-likeness (QED) is 0.743. The van der Waals surface area contributed by atoms with Gasteiger partial charge in [0.1, 0.15) is 5.70 Å². The van der Waals surface area contributed by atoms with Crippen molar-refractivity contribution in [2.75, 3.05) is 32.1 Å². The van der Waals surface area contributed by atoms with Crippen LogP contribution >= 0.6 is 0 Å². The zero-order valence-electron chi connectivity index (χ0n) is 15.4. The Balaban J connectivity index is 2.01. The standard InChI is InChI=1S/C19H21N3O5/c1-11-8-12-9-13(4-5-15(12)21(2)17(11)24)20-16-14(19(26)27-3)10-22(6-7-23)18(16)25/h4-5,8-9,20,23H,6-7,10H2,1-3H3. The van der Waals surface area contributed by atoms with Crippen molar-refractivity contribution < 1.29 is 19.4 Å². The number of hydrogen-bond acceptors (Lipinski definition) is 6. The van der Waals surface area contributed by atoms with E-state index in [0.717, 1.165) is 10.9 Å². The van der Waals surface area contributed by atoms with Gasteiger partial charge in [0.25, 0.3) is 11.5 Å². The number of methoxy groups -OCH3 is 1. The number of rotatable bonds is 5. The van der Waals surface area contributed by atoms with Crippen molar-refractivity contribution in [2.45, 2.75) is 6.92 Å². The first-order valence-corrected chi connectivity index (χ1v) is 8.46. The van der Waals surface area contributed by atoms with Crippen molar-refractivity contribution in [3.05, 3.63) is 51.5 Å². The topological polar surface area (TPSA) is 101 Å². The number of aromatic nitrogens is 1. The Bertz CT molecular complexity index is 1020. The zero-order chi connectivity index (χ0) is 19.7. The van der Waals surface area contributed by atoms with Crippen molar-refractivity contribution in [1.82, 2.24) is 9.47 Å². The average molecular weight is 371 g/mol. The van der Waals surface area contributed by atoms with Gasteiger partial charge in [-0.1, -0.05) is 0 Å². The normalized spacial score (nSPS) is 14.2. The highest BCUT2D eigenvalue weighted by atomic mass is 16.5. The first-order chi connectivity index (χ1) is 12.9. The van der Waals surface area contributed by atoms with Gasteiger partial charge in [0.2, 0.25) is 0 Å². The molecule has 0 saturated carbocycles. The van der Waals surface area contributed by atoms with Crippen LogP contribution in [0.1, 0.15) is 5.56 Å². The van der Waals surface area contributed by atoms with Gasteiger partial charge in [0, 0.05) is 30.2 Å². The monoisotopic (exact) mass is 371 g/mol. The van der Waals surface area contributed by atoms with Crippen LogP contribution in [0.15, 0.2) is 40.3 Å². The lowest BCUT2D eigenvalue weighted by molar-refractivity contribution is -0.136. The van der Waals surface area contributed by atoms with Gasteiger partial charge in [0.05, 0.1) is 31.4 Å². The molecule has 1 aliphatic rings. The molecule has 0 fully saturated rings. The van der Waals surface area contributed by atoms with Crippen LogP contribution in [0, 0.1) is 6.92 Å². The van der Waals surface area contributed by atoms with E-state index in [9.17, 15) is 14.4 Å². The smallest absolute Gasteiger partial charge is 0.337 e. The second-order valence-corrected chi connectivity index (χ2v) is 6.39. The Morgan fingerprint density at radius 1 is 1.30 bits per heavy atom. The maximum Gasteiger partial charge on any atom is 0.337 e. The van der Waals surface area contributed by atoms with Crippen LogP contribution in [0.25, 0.3) is 10.9 Å². The molecule has 2 aromatic rings. The molecule has 0 atom stereocenters. The number of anilines is 1. The summed E-state index contributed by atoms with van der Waals surface area (Å²) in [5, 5.41) is 13.0. The summed E-state index contributed by atoms with van der Waals surface area (Å²) in [7, 11) is 2.96. The van der Waals surface area contributed by atoms with Gasteiger partial charge in [-0.05, 0) is 31.2 Å². The van der Waals surface area contributed by atoms with E-state index in [2.05, 4.69) is 5.32 Å². The van der Waals surface area contributed by atoms with Gasteiger partial charge >= 0.3 is 5.97 Å². The van der Waals surface area contributed by atoms with Gasteiger partial charge in [-0.25, -0.2) is 4.79 Å². The highest BCUT2D eigenvalue weighted by molar-refractivity contribution is 6.08. The highest BCUT2D eigenvalue weighted by Gasteiger charge is 2.34. The van der Waals surface area contributed by atoms with Crippen LogP contribution in [0.2, 0.25) is 0 Å². The lowest BCUT2D eigenvalue weighted by atomic mass is 10.1. The van der Waals surface area contributed by atoms with E-state index >= 15 is 0 Å². The molecule has 0 saturated heterocycles. The van der Waals surface area contributed by atoms with Crippen LogP contribution in [0.5, 0.6) is 0 Å². The van der Waals surface area contributed by atoms with Crippen LogP contribution in [-0.2, 0) is 21.4 Å². The van der Waals surface area contributed by atoms with E-state index in [4.69, 9.17) is 9.84 Å². The number of fused-ring (bicyclic) bond motifs is 1. The summed E-state index contributed by atoms with van der Waals surface area (Å²) in [4.78, 5) is 38.1. The predicted molar refractivity (Wildman–Crippen MR) is 100 cm³/mol. The number of nitrogens with zero attached hydrogens (tertiary/aromatic N) is 2. The van der Waals surface area contributed by atoms with Crippen molar-refractivity contribution in [2.24, 2.45) is 7.05 Å². The Labute approximate surface area is 155 Å². The number of β-amino-alcohol motifs (C(OH)–C–C–N with tert-alkyl or cyclic N) is 1. The number of carbonyl (C=O) groups is 2. The van der Waals surface area contributed by atoms with Gasteiger partial charge in [-0.2, -0.15) is 0 Å². The van der Waals surface area contributed by atoms with E-state index in [1.54, 1.807) is 36.7 Å². The first kappa shape index (κ1) is 18.7. The third kappa shape index (κ3) is 3.31. The molecule has 142 valence electrons. The third-order valence-electron chi connectivity index (χ3n) is 4.63. The van der Waals surface area contributed by atoms with Crippen molar-refractivity contribution in [1.29, 1.82) is 0 Å². The predicted octanol–water partition coefficient (Wildman–Crippen LogP) is 0.520. The highest BCUT2D eigenvalue weighted by Crippen LogP contribution is 2.25.